The summed E-state index contributed by atoms with van der Waals surface area (Å²) < 4.78 is 38.4. The second kappa shape index (κ2) is 9.24. The summed E-state index contributed by atoms with van der Waals surface area (Å²) >= 11 is 0. The van der Waals surface area contributed by atoms with Gasteiger partial charge in [-0.15, -0.1) is 0 Å². The first kappa shape index (κ1) is 23.8. The highest BCUT2D eigenvalue weighted by Crippen LogP contribution is 2.61. The molecule has 5 aliphatic rings. The fraction of sp³-hybridized carbons (Fsp3) is 0.680. The van der Waals surface area contributed by atoms with Crippen LogP contribution in [0.25, 0.3) is 0 Å². The minimum atomic E-state index is -3.79. The number of sulfonamides is 1. The molecule has 4 aliphatic carbocycles. The Bertz CT molecular complexity index is 1030. The van der Waals surface area contributed by atoms with Crippen molar-refractivity contribution in [2.24, 2.45) is 23.2 Å². The molecular formula is C25H34N2O6S. The molecule has 4 bridgehead atoms. The van der Waals surface area contributed by atoms with Crippen LogP contribution in [0.5, 0.6) is 0 Å². The number of carbonyl (C=O) groups excluding carboxylic acids is 2. The summed E-state index contributed by atoms with van der Waals surface area (Å²) in [5.41, 5.74) is 1.02. The van der Waals surface area contributed by atoms with Gasteiger partial charge in [-0.25, -0.2) is 8.42 Å². The molecule has 1 amide bonds. The van der Waals surface area contributed by atoms with E-state index in [0.717, 1.165) is 42.6 Å². The molecule has 0 radical (unpaired) electrons. The maximum absolute atomic E-state index is 13.2. The lowest BCUT2D eigenvalue weighted by atomic mass is 9.49. The van der Waals surface area contributed by atoms with Crippen LogP contribution in [0.4, 0.5) is 5.69 Å². The number of carbonyl (C=O) groups is 2. The molecule has 5 fully saturated rings. The van der Waals surface area contributed by atoms with Crippen LogP contribution < -0.4 is 5.32 Å². The van der Waals surface area contributed by atoms with Crippen molar-refractivity contribution >= 4 is 27.6 Å². The van der Waals surface area contributed by atoms with Crippen LogP contribution in [0.3, 0.4) is 0 Å². The molecule has 0 aromatic heterocycles. The van der Waals surface area contributed by atoms with Gasteiger partial charge < -0.3 is 14.8 Å². The lowest BCUT2D eigenvalue weighted by molar-refractivity contribution is -0.154. The number of nitrogens with one attached hydrogen (secondary N) is 1. The van der Waals surface area contributed by atoms with Crippen molar-refractivity contribution in [3.8, 4) is 0 Å². The maximum Gasteiger partial charge on any atom is 0.306 e. The molecule has 1 aliphatic heterocycles. The Hall–Kier alpha value is -1.97. The number of amides is 1. The quantitative estimate of drug-likeness (QED) is 0.590. The smallest absolute Gasteiger partial charge is 0.306 e. The van der Waals surface area contributed by atoms with E-state index in [2.05, 4.69) is 5.32 Å². The summed E-state index contributed by atoms with van der Waals surface area (Å²) in [5, 5.41) is 2.64. The number of ether oxygens (including phenoxy) is 2. The van der Waals surface area contributed by atoms with E-state index in [4.69, 9.17) is 9.47 Å². The number of nitrogens with zero attached hydrogens (tertiary/aromatic N) is 1. The number of anilines is 1. The highest BCUT2D eigenvalue weighted by atomic mass is 32.2. The van der Waals surface area contributed by atoms with Crippen LogP contribution in [0, 0.1) is 30.1 Å². The SMILES string of the molecule is Cc1ccc(NC(=O)COC(=O)CC23CC4CC(CC(C4)C2)C3)c(S(=O)(=O)N2CCOCC2)c1. The Kier molecular flexibility index (Phi) is 6.46. The first-order valence-corrected chi connectivity index (χ1v) is 13.8. The topological polar surface area (TPSA) is 102 Å². The van der Waals surface area contributed by atoms with Crippen molar-refractivity contribution in [3.05, 3.63) is 23.8 Å². The van der Waals surface area contributed by atoms with E-state index in [-0.39, 0.29) is 35.1 Å². The lowest BCUT2D eigenvalue weighted by Crippen LogP contribution is -2.47. The molecule has 8 nitrogen and oxygen atoms in total. The predicted octanol–water partition coefficient (Wildman–Crippen LogP) is 3.10. The first-order valence-electron chi connectivity index (χ1n) is 12.4. The van der Waals surface area contributed by atoms with E-state index in [0.29, 0.717) is 19.6 Å². The standard InChI is InChI=1S/C25H34N2O6S/c1-17-2-3-21(22(8-17)34(30,31)27-4-6-32-7-5-27)26-23(28)16-33-24(29)15-25-12-18-9-19(13-25)11-20(10-18)14-25/h2-3,8,18-20H,4-7,9-16H2,1H3,(H,26,28). The zero-order valence-electron chi connectivity index (χ0n) is 19.8. The van der Waals surface area contributed by atoms with Gasteiger partial charge in [0, 0.05) is 13.1 Å². The van der Waals surface area contributed by atoms with Gasteiger partial charge in [0.1, 0.15) is 4.90 Å². The molecule has 9 heteroatoms. The van der Waals surface area contributed by atoms with Crippen molar-refractivity contribution in [2.75, 3.05) is 38.2 Å². The zero-order chi connectivity index (χ0) is 23.9. The van der Waals surface area contributed by atoms with E-state index >= 15 is 0 Å². The minimum Gasteiger partial charge on any atom is -0.456 e. The van der Waals surface area contributed by atoms with Crippen LogP contribution in [-0.4, -0.2) is 57.5 Å². The molecule has 186 valence electrons. The Labute approximate surface area is 201 Å². The van der Waals surface area contributed by atoms with Crippen LogP contribution >= 0.6 is 0 Å². The van der Waals surface area contributed by atoms with E-state index < -0.39 is 22.5 Å². The van der Waals surface area contributed by atoms with E-state index in [9.17, 15) is 18.0 Å². The fourth-order valence-electron chi connectivity index (χ4n) is 7.07. The number of esters is 1. The molecule has 1 aromatic rings. The monoisotopic (exact) mass is 490 g/mol. The second-order valence-electron chi connectivity index (χ2n) is 10.8. The summed E-state index contributed by atoms with van der Waals surface area (Å²) in [5.74, 6) is 1.37. The minimum absolute atomic E-state index is 0.0441. The van der Waals surface area contributed by atoms with E-state index in [1.807, 2.05) is 0 Å². The van der Waals surface area contributed by atoms with Crippen molar-refractivity contribution < 1.29 is 27.5 Å². The first-order chi connectivity index (χ1) is 16.2. The van der Waals surface area contributed by atoms with Gasteiger partial charge >= 0.3 is 5.97 Å². The van der Waals surface area contributed by atoms with Crippen LogP contribution in [-0.2, 0) is 29.1 Å². The third-order valence-electron chi connectivity index (χ3n) is 8.05. The fourth-order valence-corrected chi connectivity index (χ4v) is 8.71. The van der Waals surface area contributed by atoms with Crippen molar-refractivity contribution in [3.63, 3.8) is 0 Å². The van der Waals surface area contributed by atoms with Gasteiger partial charge in [0.2, 0.25) is 10.0 Å². The predicted molar refractivity (Wildman–Crippen MR) is 126 cm³/mol. The highest BCUT2D eigenvalue weighted by molar-refractivity contribution is 7.89. The number of morpholine rings is 1. The van der Waals surface area contributed by atoms with Crippen LogP contribution in [0.2, 0.25) is 0 Å². The Morgan fingerprint density at radius 2 is 1.71 bits per heavy atom. The summed E-state index contributed by atoms with van der Waals surface area (Å²) in [6, 6.07) is 4.88. The summed E-state index contributed by atoms with van der Waals surface area (Å²) in [6.07, 6.45) is 7.62. The van der Waals surface area contributed by atoms with Crippen molar-refractivity contribution in [1.82, 2.24) is 4.31 Å². The third-order valence-corrected chi connectivity index (χ3v) is 9.99. The van der Waals surface area contributed by atoms with Gasteiger partial charge in [-0.2, -0.15) is 4.31 Å². The Balaban J connectivity index is 1.20. The van der Waals surface area contributed by atoms with Gasteiger partial charge in [0.05, 0.1) is 25.3 Å². The average molecular weight is 491 g/mol. The highest BCUT2D eigenvalue weighted by Gasteiger charge is 2.51. The summed E-state index contributed by atoms with van der Waals surface area (Å²) in [6.45, 7) is 2.60. The van der Waals surface area contributed by atoms with Crippen LogP contribution in [0.15, 0.2) is 23.1 Å². The number of hydrogen-bond acceptors (Lipinski definition) is 6. The van der Waals surface area contributed by atoms with Gasteiger partial charge in [0.25, 0.3) is 5.91 Å². The number of aryl methyl sites for hydroxylation is 1. The lowest BCUT2D eigenvalue weighted by Gasteiger charge is -2.56. The number of hydrogen-bond donors (Lipinski definition) is 1. The van der Waals surface area contributed by atoms with Gasteiger partial charge in [-0.1, -0.05) is 6.07 Å². The number of rotatable bonds is 7. The van der Waals surface area contributed by atoms with E-state index in [1.165, 1.54) is 23.6 Å². The van der Waals surface area contributed by atoms with Gasteiger partial charge in [-0.3, -0.25) is 9.59 Å². The molecule has 1 heterocycles. The molecule has 0 atom stereocenters. The molecular weight excluding hydrogens is 456 g/mol. The molecule has 0 spiro atoms. The molecule has 1 saturated heterocycles. The molecule has 0 unspecified atom stereocenters. The second-order valence-corrected chi connectivity index (χ2v) is 12.7. The summed E-state index contributed by atoms with van der Waals surface area (Å²) in [7, 11) is -3.79. The molecule has 1 N–H and O–H groups in total. The Morgan fingerprint density at radius 1 is 1.09 bits per heavy atom. The van der Waals surface area contributed by atoms with Crippen molar-refractivity contribution in [1.29, 1.82) is 0 Å². The number of benzene rings is 1. The van der Waals surface area contributed by atoms with Crippen LogP contribution in [0.1, 0.15) is 50.5 Å². The molecule has 6 rings (SSSR count). The molecule has 4 saturated carbocycles. The summed E-state index contributed by atoms with van der Waals surface area (Å²) in [4.78, 5) is 25.3. The zero-order valence-corrected chi connectivity index (χ0v) is 20.6. The average Bonchev–Trinajstić information content (AvgIpc) is 2.78. The largest absolute Gasteiger partial charge is 0.456 e. The van der Waals surface area contributed by atoms with Gasteiger partial charge in [-0.05, 0) is 86.3 Å². The normalized spacial score (nSPS) is 30.8. The van der Waals surface area contributed by atoms with E-state index in [1.54, 1.807) is 25.1 Å². The third kappa shape index (κ3) is 4.88. The molecule has 1 aromatic carbocycles. The van der Waals surface area contributed by atoms with Crippen molar-refractivity contribution in [2.45, 2.75) is 56.8 Å². The molecule has 34 heavy (non-hydrogen) atoms. The van der Waals surface area contributed by atoms with Gasteiger partial charge in [0.15, 0.2) is 6.61 Å². The Morgan fingerprint density at radius 3 is 2.32 bits per heavy atom. The maximum atomic E-state index is 13.2.